The van der Waals surface area contributed by atoms with E-state index in [0.717, 1.165) is 18.2 Å². The van der Waals surface area contributed by atoms with Crippen LogP contribution in [0.2, 0.25) is 0 Å². The van der Waals surface area contributed by atoms with Crippen molar-refractivity contribution in [3.63, 3.8) is 0 Å². The summed E-state index contributed by atoms with van der Waals surface area (Å²) >= 11 is 0. The Morgan fingerprint density at radius 1 is 1.06 bits per heavy atom. The predicted molar refractivity (Wildman–Crippen MR) is 43.5 cm³/mol. The summed E-state index contributed by atoms with van der Waals surface area (Å²) in [6, 6.07) is 4.54. The van der Waals surface area contributed by atoms with Gasteiger partial charge in [0.15, 0.2) is 6.61 Å². The number of hydrogen-bond acceptors (Lipinski definition) is 2. The van der Waals surface area contributed by atoms with E-state index in [1.54, 1.807) is 0 Å². The van der Waals surface area contributed by atoms with Crippen molar-refractivity contribution >= 4 is 0 Å². The molecule has 0 saturated carbocycles. The molecule has 17 heavy (non-hydrogen) atoms. The van der Waals surface area contributed by atoms with Crippen molar-refractivity contribution in [1.82, 2.24) is 0 Å². The number of rotatable bonds is 3. The van der Waals surface area contributed by atoms with Crippen LogP contribution in [0.1, 0.15) is 0 Å². The highest BCUT2D eigenvalue weighted by Gasteiger charge is 2.31. The fourth-order valence-corrected chi connectivity index (χ4v) is 0.843. The molecule has 95 valence electrons. The Labute approximate surface area is 91.7 Å². The van der Waals surface area contributed by atoms with Gasteiger partial charge in [0.2, 0.25) is 0 Å². The Morgan fingerprint density at radius 3 is 2.12 bits per heavy atom. The van der Waals surface area contributed by atoms with Crippen LogP contribution in [0.4, 0.5) is 26.3 Å². The van der Waals surface area contributed by atoms with Crippen LogP contribution in [-0.2, 0) is 0 Å². The van der Waals surface area contributed by atoms with Crippen LogP contribution < -0.4 is 9.47 Å². The standard InChI is InChI=1S/C9H5F6O2/c10-8(11,12)5-16-6-1-3-7(4-2-6)17-9(13,14)15/h1,3-4H,5H2. The van der Waals surface area contributed by atoms with E-state index in [1.807, 2.05) is 0 Å². The molecule has 0 aromatic heterocycles. The molecule has 1 aromatic carbocycles. The summed E-state index contributed by atoms with van der Waals surface area (Å²) in [6.07, 6.45) is -9.38. The first-order valence-corrected chi connectivity index (χ1v) is 4.13. The Morgan fingerprint density at radius 2 is 1.71 bits per heavy atom. The first-order valence-electron chi connectivity index (χ1n) is 4.13. The lowest BCUT2D eigenvalue weighted by atomic mass is 10.3. The van der Waals surface area contributed by atoms with Gasteiger partial charge in [-0.1, -0.05) is 0 Å². The summed E-state index contributed by atoms with van der Waals surface area (Å²) < 4.78 is 78.1. The highest BCUT2D eigenvalue weighted by molar-refractivity contribution is 5.30. The zero-order chi connectivity index (χ0) is 13.1. The summed E-state index contributed by atoms with van der Waals surface area (Å²) in [4.78, 5) is 0. The molecule has 2 nitrogen and oxygen atoms in total. The number of ether oxygens (including phenoxy) is 2. The van der Waals surface area contributed by atoms with Crippen LogP contribution in [0.25, 0.3) is 0 Å². The molecule has 0 aliphatic carbocycles. The fourth-order valence-electron chi connectivity index (χ4n) is 0.843. The van der Waals surface area contributed by atoms with Crippen molar-refractivity contribution in [2.45, 2.75) is 12.5 Å². The maximum absolute atomic E-state index is 11.7. The summed E-state index contributed by atoms with van der Waals surface area (Å²) in [6.45, 7) is -1.54. The molecule has 0 N–H and O–H groups in total. The van der Waals surface area contributed by atoms with Crippen LogP contribution in [0.3, 0.4) is 0 Å². The van der Waals surface area contributed by atoms with Gasteiger partial charge in [0.05, 0.1) is 0 Å². The van der Waals surface area contributed by atoms with E-state index >= 15 is 0 Å². The van der Waals surface area contributed by atoms with Crippen molar-refractivity contribution in [3.8, 4) is 11.5 Å². The summed E-state index contributed by atoms with van der Waals surface area (Å²) in [5.74, 6) is -0.909. The topological polar surface area (TPSA) is 18.5 Å². The first-order chi connectivity index (χ1) is 7.66. The maximum atomic E-state index is 11.7. The minimum atomic E-state index is -4.86. The molecular weight excluding hydrogens is 254 g/mol. The Kier molecular flexibility index (Phi) is 3.74. The molecule has 1 rings (SSSR count). The molecule has 1 aromatic rings. The van der Waals surface area contributed by atoms with Gasteiger partial charge in [-0.2, -0.15) is 13.2 Å². The zero-order valence-corrected chi connectivity index (χ0v) is 8.02. The van der Waals surface area contributed by atoms with Gasteiger partial charge >= 0.3 is 12.5 Å². The maximum Gasteiger partial charge on any atom is 0.573 e. The molecule has 0 bridgehead atoms. The second-order valence-electron chi connectivity index (χ2n) is 2.84. The van der Waals surface area contributed by atoms with E-state index in [1.165, 1.54) is 0 Å². The minimum Gasteiger partial charge on any atom is -0.483 e. The van der Waals surface area contributed by atoms with Crippen LogP contribution in [0, 0.1) is 6.07 Å². The second-order valence-corrected chi connectivity index (χ2v) is 2.84. The van der Waals surface area contributed by atoms with E-state index < -0.39 is 24.9 Å². The lowest BCUT2D eigenvalue weighted by Gasteiger charge is -2.10. The van der Waals surface area contributed by atoms with E-state index in [2.05, 4.69) is 15.5 Å². The third-order valence-electron chi connectivity index (χ3n) is 1.38. The quantitative estimate of drug-likeness (QED) is 0.775. The monoisotopic (exact) mass is 259 g/mol. The van der Waals surface area contributed by atoms with Gasteiger partial charge in [-0.25, -0.2) is 0 Å². The SMILES string of the molecule is FC(F)(F)COc1[c]cc(OC(F)(F)F)cc1. The summed E-state index contributed by atoms with van der Waals surface area (Å²) in [7, 11) is 0. The van der Waals surface area contributed by atoms with Gasteiger partial charge in [-0.3, -0.25) is 0 Å². The molecule has 0 atom stereocenters. The molecule has 8 heteroatoms. The zero-order valence-electron chi connectivity index (χ0n) is 8.02. The minimum absolute atomic E-state index is 0.322. The average molecular weight is 259 g/mol. The largest absolute Gasteiger partial charge is 0.573 e. The number of alkyl halides is 6. The van der Waals surface area contributed by atoms with Crippen molar-refractivity contribution in [2.24, 2.45) is 0 Å². The summed E-state index contributed by atoms with van der Waals surface area (Å²) in [5.41, 5.74) is 0. The number of benzene rings is 1. The molecule has 0 fully saturated rings. The predicted octanol–water partition coefficient (Wildman–Crippen LogP) is 3.33. The number of halogens is 6. The average Bonchev–Trinajstić information content (AvgIpc) is 2.13. The highest BCUT2D eigenvalue weighted by atomic mass is 19.4. The third-order valence-corrected chi connectivity index (χ3v) is 1.38. The highest BCUT2D eigenvalue weighted by Crippen LogP contribution is 2.25. The van der Waals surface area contributed by atoms with Gasteiger partial charge in [-0.05, 0) is 18.2 Å². The molecule has 1 radical (unpaired) electrons. The van der Waals surface area contributed by atoms with Crippen molar-refractivity contribution in [3.05, 3.63) is 24.3 Å². The second kappa shape index (κ2) is 4.72. The van der Waals surface area contributed by atoms with E-state index in [9.17, 15) is 26.3 Å². The molecule has 0 unspecified atom stereocenters. The van der Waals surface area contributed by atoms with Crippen LogP contribution in [0.5, 0.6) is 11.5 Å². The van der Waals surface area contributed by atoms with Gasteiger partial charge in [0, 0.05) is 6.07 Å². The lowest BCUT2D eigenvalue weighted by molar-refractivity contribution is -0.274. The van der Waals surface area contributed by atoms with Gasteiger partial charge < -0.3 is 9.47 Å². The smallest absolute Gasteiger partial charge is 0.483 e. The Bertz CT molecular complexity index is 353. The summed E-state index contributed by atoms with van der Waals surface area (Å²) in [5, 5.41) is 0. The van der Waals surface area contributed by atoms with E-state index in [0.29, 0.717) is 0 Å². The first kappa shape index (κ1) is 13.5. The van der Waals surface area contributed by atoms with Gasteiger partial charge in [0.1, 0.15) is 11.5 Å². The van der Waals surface area contributed by atoms with Gasteiger partial charge in [-0.15, -0.1) is 13.2 Å². The van der Waals surface area contributed by atoms with Crippen molar-refractivity contribution < 1.29 is 35.8 Å². The molecular formula is C9H5F6O2. The molecule has 0 saturated heterocycles. The Balaban J connectivity index is 2.56. The lowest BCUT2D eigenvalue weighted by Crippen LogP contribution is -2.19. The van der Waals surface area contributed by atoms with Crippen LogP contribution >= 0.6 is 0 Å². The van der Waals surface area contributed by atoms with Crippen molar-refractivity contribution in [2.75, 3.05) is 6.61 Å². The normalized spacial score (nSPS) is 12.4. The molecule has 0 aliphatic rings. The van der Waals surface area contributed by atoms with Crippen LogP contribution in [-0.4, -0.2) is 19.1 Å². The molecule has 0 heterocycles. The van der Waals surface area contributed by atoms with E-state index in [-0.39, 0.29) is 5.75 Å². The van der Waals surface area contributed by atoms with Gasteiger partial charge in [0.25, 0.3) is 0 Å². The Hall–Kier alpha value is -1.60. The number of hydrogen-bond donors (Lipinski definition) is 0. The molecule has 0 aliphatic heterocycles. The van der Waals surface area contributed by atoms with Crippen LogP contribution in [0.15, 0.2) is 18.2 Å². The fraction of sp³-hybridized carbons (Fsp3) is 0.333. The van der Waals surface area contributed by atoms with Crippen molar-refractivity contribution in [1.29, 1.82) is 0 Å². The molecule has 0 amide bonds. The van der Waals surface area contributed by atoms with E-state index in [4.69, 9.17) is 0 Å². The molecule has 0 spiro atoms. The third kappa shape index (κ3) is 5.88.